The Balaban J connectivity index is 0. The van der Waals surface area contributed by atoms with Crippen molar-refractivity contribution in [1.29, 1.82) is 0 Å². The van der Waals surface area contributed by atoms with Gasteiger partial charge in [0.15, 0.2) is 0 Å². The standard InChI is InChI=1S/C11H23NO.ClH/c1-7(2)9(5)11(12-13)10(6)8(3)4;/h7-10,13H,1-6H3;1H. The van der Waals surface area contributed by atoms with Crippen molar-refractivity contribution in [2.75, 3.05) is 0 Å². The molecule has 0 aromatic carbocycles. The van der Waals surface area contributed by atoms with E-state index in [1.54, 1.807) is 0 Å². The van der Waals surface area contributed by atoms with Crippen LogP contribution in [-0.2, 0) is 0 Å². The van der Waals surface area contributed by atoms with Crippen LogP contribution in [0.25, 0.3) is 0 Å². The molecule has 0 bridgehead atoms. The van der Waals surface area contributed by atoms with Crippen LogP contribution in [0.5, 0.6) is 0 Å². The molecule has 0 aliphatic carbocycles. The van der Waals surface area contributed by atoms with Crippen LogP contribution >= 0.6 is 12.4 Å². The Hall–Kier alpha value is -0.240. The van der Waals surface area contributed by atoms with Crippen molar-refractivity contribution in [2.45, 2.75) is 41.5 Å². The second kappa shape index (κ2) is 7.10. The molecular weight excluding hydrogens is 198 g/mol. The van der Waals surface area contributed by atoms with Crippen molar-refractivity contribution in [1.82, 2.24) is 0 Å². The third kappa shape index (κ3) is 4.32. The van der Waals surface area contributed by atoms with E-state index in [9.17, 15) is 0 Å². The Morgan fingerprint density at radius 2 is 1.14 bits per heavy atom. The molecule has 0 saturated carbocycles. The first-order valence-corrected chi connectivity index (χ1v) is 5.13. The van der Waals surface area contributed by atoms with Gasteiger partial charge >= 0.3 is 0 Å². The molecule has 0 spiro atoms. The largest absolute Gasteiger partial charge is 0.411 e. The zero-order chi connectivity index (χ0) is 10.6. The Bertz CT molecular complexity index is 162. The molecule has 0 heterocycles. The number of halogens is 1. The Kier molecular flexibility index (Phi) is 8.22. The van der Waals surface area contributed by atoms with Crippen molar-refractivity contribution in [3.8, 4) is 0 Å². The van der Waals surface area contributed by atoms with Gasteiger partial charge in [0, 0.05) is 11.8 Å². The average Bonchev–Trinajstić information content (AvgIpc) is 2.04. The molecule has 86 valence electrons. The highest BCUT2D eigenvalue weighted by Gasteiger charge is 2.23. The minimum Gasteiger partial charge on any atom is -0.411 e. The van der Waals surface area contributed by atoms with E-state index in [0.29, 0.717) is 23.7 Å². The average molecular weight is 222 g/mol. The molecule has 0 amide bonds. The van der Waals surface area contributed by atoms with Crippen LogP contribution in [0.1, 0.15) is 41.5 Å². The third-order valence-electron chi connectivity index (χ3n) is 3.05. The summed E-state index contributed by atoms with van der Waals surface area (Å²) in [6.45, 7) is 12.9. The molecule has 0 saturated heterocycles. The normalized spacial score (nSPS) is 14.9. The van der Waals surface area contributed by atoms with Crippen molar-refractivity contribution < 1.29 is 5.21 Å². The number of nitrogens with zero attached hydrogens (tertiary/aromatic N) is 1. The van der Waals surface area contributed by atoms with Gasteiger partial charge in [0.25, 0.3) is 0 Å². The summed E-state index contributed by atoms with van der Waals surface area (Å²) in [7, 11) is 0. The molecule has 0 aromatic heterocycles. The van der Waals surface area contributed by atoms with Gasteiger partial charge in [-0.25, -0.2) is 0 Å². The number of rotatable bonds is 4. The predicted octanol–water partition coefficient (Wildman–Crippen LogP) is 3.82. The lowest BCUT2D eigenvalue weighted by atomic mass is 9.82. The molecular formula is C11H24ClNO. The van der Waals surface area contributed by atoms with Crippen LogP contribution in [0.15, 0.2) is 5.16 Å². The number of oxime groups is 1. The highest BCUT2D eigenvalue weighted by Crippen LogP contribution is 2.22. The highest BCUT2D eigenvalue weighted by atomic mass is 35.5. The van der Waals surface area contributed by atoms with Crippen LogP contribution in [0.2, 0.25) is 0 Å². The topological polar surface area (TPSA) is 32.6 Å². The Labute approximate surface area is 94.2 Å². The fourth-order valence-corrected chi connectivity index (χ4v) is 1.28. The van der Waals surface area contributed by atoms with Crippen molar-refractivity contribution in [3.63, 3.8) is 0 Å². The quantitative estimate of drug-likeness (QED) is 0.437. The summed E-state index contributed by atoms with van der Waals surface area (Å²) in [5, 5.41) is 12.4. The first kappa shape index (κ1) is 16.2. The van der Waals surface area contributed by atoms with Crippen LogP contribution in [-0.4, -0.2) is 10.9 Å². The lowest BCUT2D eigenvalue weighted by Gasteiger charge is -2.24. The molecule has 0 radical (unpaired) electrons. The zero-order valence-electron chi connectivity index (χ0n) is 10.1. The summed E-state index contributed by atoms with van der Waals surface area (Å²) in [5.41, 5.74) is 0.935. The van der Waals surface area contributed by atoms with Gasteiger partial charge in [-0.1, -0.05) is 46.7 Å². The molecule has 3 heteroatoms. The van der Waals surface area contributed by atoms with Crippen LogP contribution < -0.4 is 0 Å². The minimum absolute atomic E-state index is 0. The second-order valence-corrected chi connectivity index (χ2v) is 4.59. The van der Waals surface area contributed by atoms with E-state index in [-0.39, 0.29) is 12.4 Å². The van der Waals surface area contributed by atoms with Gasteiger partial charge in [0.1, 0.15) is 0 Å². The van der Waals surface area contributed by atoms with Gasteiger partial charge in [0.2, 0.25) is 0 Å². The maximum absolute atomic E-state index is 8.95. The first-order chi connectivity index (χ1) is 5.91. The highest BCUT2D eigenvalue weighted by molar-refractivity contribution is 5.88. The molecule has 0 fully saturated rings. The first-order valence-electron chi connectivity index (χ1n) is 5.13. The van der Waals surface area contributed by atoms with Gasteiger partial charge in [0.05, 0.1) is 5.71 Å². The molecule has 1 N–H and O–H groups in total. The fourth-order valence-electron chi connectivity index (χ4n) is 1.28. The van der Waals surface area contributed by atoms with E-state index < -0.39 is 0 Å². The fraction of sp³-hybridized carbons (Fsp3) is 0.909. The summed E-state index contributed by atoms with van der Waals surface area (Å²) in [4.78, 5) is 0. The minimum atomic E-state index is 0. The molecule has 0 aromatic rings. The van der Waals surface area contributed by atoms with Crippen LogP contribution in [0.4, 0.5) is 0 Å². The van der Waals surface area contributed by atoms with Crippen LogP contribution in [0.3, 0.4) is 0 Å². The second-order valence-electron chi connectivity index (χ2n) is 4.59. The van der Waals surface area contributed by atoms with Crippen molar-refractivity contribution in [2.24, 2.45) is 28.8 Å². The maximum Gasteiger partial charge on any atom is 0.0632 e. The summed E-state index contributed by atoms with van der Waals surface area (Å²) < 4.78 is 0. The number of hydrogen-bond acceptors (Lipinski definition) is 2. The van der Waals surface area contributed by atoms with E-state index in [1.165, 1.54) is 0 Å². The molecule has 0 aliphatic rings. The Morgan fingerprint density at radius 3 is 1.29 bits per heavy atom. The molecule has 0 rings (SSSR count). The maximum atomic E-state index is 8.95. The predicted molar refractivity (Wildman–Crippen MR) is 64.5 cm³/mol. The summed E-state index contributed by atoms with van der Waals surface area (Å²) >= 11 is 0. The summed E-state index contributed by atoms with van der Waals surface area (Å²) in [6, 6.07) is 0. The molecule has 14 heavy (non-hydrogen) atoms. The van der Waals surface area contributed by atoms with Crippen molar-refractivity contribution >= 4 is 18.1 Å². The number of hydrogen-bond donors (Lipinski definition) is 1. The van der Waals surface area contributed by atoms with E-state index in [0.717, 1.165) is 5.71 Å². The molecule has 0 aliphatic heterocycles. The van der Waals surface area contributed by atoms with E-state index in [2.05, 4.69) is 46.7 Å². The lowest BCUT2D eigenvalue weighted by Crippen LogP contribution is -2.27. The summed E-state index contributed by atoms with van der Waals surface area (Å²) in [5.74, 6) is 1.80. The van der Waals surface area contributed by atoms with E-state index >= 15 is 0 Å². The van der Waals surface area contributed by atoms with Gasteiger partial charge < -0.3 is 5.21 Å². The molecule has 2 atom stereocenters. The summed E-state index contributed by atoms with van der Waals surface area (Å²) in [6.07, 6.45) is 0. The monoisotopic (exact) mass is 221 g/mol. The van der Waals surface area contributed by atoms with Crippen LogP contribution in [0, 0.1) is 23.7 Å². The lowest BCUT2D eigenvalue weighted by molar-refractivity contribution is 0.302. The van der Waals surface area contributed by atoms with Gasteiger partial charge in [-0.15, -0.1) is 12.4 Å². The van der Waals surface area contributed by atoms with Crippen molar-refractivity contribution in [3.05, 3.63) is 0 Å². The van der Waals surface area contributed by atoms with Gasteiger partial charge in [-0.05, 0) is 11.8 Å². The van der Waals surface area contributed by atoms with E-state index in [4.69, 9.17) is 5.21 Å². The molecule has 2 unspecified atom stereocenters. The van der Waals surface area contributed by atoms with Gasteiger partial charge in [-0.3, -0.25) is 0 Å². The van der Waals surface area contributed by atoms with E-state index in [1.807, 2.05) is 0 Å². The Morgan fingerprint density at radius 1 is 0.857 bits per heavy atom. The molecule has 2 nitrogen and oxygen atoms in total. The SMILES string of the molecule is CC(C)C(C)C(=NO)C(C)C(C)C.Cl. The smallest absolute Gasteiger partial charge is 0.0632 e. The van der Waals surface area contributed by atoms with Gasteiger partial charge in [-0.2, -0.15) is 0 Å². The zero-order valence-corrected chi connectivity index (χ0v) is 10.9. The third-order valence-corrected chi connectivity index (χ3v) is 3.05.